The Morgan fingerprint density at radius 2 is 1.39 bits per heavy atom. The maximum Gasteiger partial charge on any atom is 0.514 e. The van der Waals surface area contributed by atoms with Gasteiger partial charge in [-0.05, 0) is 49.8 Å². The van der Waals surface area contributed by atoms with Crippen molar-refractivity contribution in [3.8, 4) is 11.5 Å². The van der Waals surface area contributed by atoms with E-state index in [4.69, 9.17) is 34.2 Å². The Balaban J connectivity index is 3.22. The summed E-state index contributed by atoms with van der Waals surface area (Å²) >= 11 is 0. The predicted molar refractivity (Wildman–Crippen MR) is 152 cm³/mol. The summed E-state index contributed by atoms with van der Waals surface area (Å²) in [5.41, 5.74) is 5.34. The van der Waals surface area contributed by atoms with Gasteiger partial charge in [0.05, 0.1) is 19.6 Å². The monoisotopic (exact) mass is 581 g/mol. The number of carbonyl (C=O) groups is 4. The van der Waals surface area contributed by atoms with Gasteiger partial charge in [-0.1, -0.05) is 54.0 Å². The lowest BCUT2D eigenvalue weighted by Gasteiger charge is -2.27. The zero-order valence-electron chi connectivity index (χ0n) is 25.8. The Labute approximate surface area is 243 Å². The Hall–Kier alpha value is -3.34. The molecule has 0 aromatic heterocycles. The third-order valence-electron chi connectivity index (χ3n) is 6.86. The summed E-state index contributed by atoms with van der Waals surface area (Å²) in [7, 11) is 1.21. The lowest BCUT2D eigenvalue weighted by molar-refractivity contribution is -0.153. The molecule has 2 unspecified atom stereocenters. The molecule has 1 aromatic carbocycles. The Kier molecular flexibility index (Phi) is 14.6. The maximum absolute atomic E-state index is 12.7. The molecule has 1 rings (SSSR count). The highest BCUT2D eigenvalue weighted by molar-refractivity contribution is 5.81. The molecule has 0 amide bonds. The van der Waals surface area contributed by atoms with Gasteiger partial charge in [-0.3, -0.25) is 9.59 Å². The van der Waals surface area contributed by atoms with E-state index in [2.05, 4.69) is 0 Å². The first kappa shape index (κ1) is 35.7. The second-order valence-corrected chi connectivity index (χ2v) is 11.1. The topological polar surface area (TPSA) is 150 Å². The Morgan fingerprint density at radius 3 is 1.88 bits per heavy atom. The minimum atomic E-state index is -1.57. The molecule has 0 heterocycles. The molecule has 0 aliphatic rings. The molecule has 1 aromatic rings. The van der Waals surface area contributed by atoms with Gasteiger partial charge in [0.15, 0.2) is 11.5 Å². The third-order valence-corrected chi connectivity index (χ3v) is 6.86. The highest BCUT2D eigenvalue weighted by Crippen LogP contribution is 2.32. The smallest absolute Gasteiger partial charge is 0.468 e. The van der Waals surface area contributed by atoms with E-state index in [1.54, 1.807) is 26.8 Å². The molecule has 0 saturated heterocycles. The summed E-state index contributed by atoms with van der Waals surface area (Å²) < 4.78 is 31.6. The standard InChI is InChI=1S/C30H47NO10/c1-10-11-20(6)26(32)37-15-14-30(31,27(33)36-9)17-23-12-13-24(40-28(34)38-21(7)18(2)3)25(16-23)41-29(35)39-22(8)19(4)5/h12-13,16,18-22H,10-11,14-15,17,31H2,1-9H3/t20?,21-,22?,30+/m0/s1. The zero-order chi connectivity index (χ0) is 31.3. The molecular formula is C30H47NO10. The molecular weight excluding hydrogens is 534 g/mol. The minimum Gasteiger partial charge on any atom is -0.468 e. The van der Waals surface area contributed by atoms with Crippen molar-refractivity contribution in [2.75, 3.05) is 13.7 Å². The number of rotatable bonds is 15. The molecule has 0 aliphatic carbocycles. The van der Waals surface area contributed by atoms with Crippen LogP contribution in [0.2, 0.25) is 0 Å². The zero-order valence-corrected chi connectivity index (χ0v) is 25.8. The van der Waals surface area contributed by atoms with Gasteiger partial charge in [-0.15, -0.1) is 0 Å². The number of carbonyl (C=O) groups excluding carboxylic acids is 4. The highest BCUT2D eigenvalue weighted by Gasteiger charge is 2.36. The first-order valence-electron chi connectivity index (χ1n) is 14.1. The van der Waals surface area contributed by atoms with Crippen molar-refractivity contribution in [3.05, 3.63) is 23.8 Å². The summed E-state index contributed by atoms with van der Waals surface area (Å²) in [5.74, 6) is -1.50. The molecule has 0 spiro atoms. The average molecular weight is 582 g/mol. The fourth-order valence-electron chi connectivity index (χ4n) is 3.49. The van der Waals surface area contributed by atoms with E-state index in [1.165, 1.54) is 19.2 Å². The van der Waals surface area contributed by atoms with Crippen LogP contribution in [0.25, 0.3) is 0 Å². The average Bonchev–Trinajstić information content (AvgIpc) is 2.89. The van der Waals surface area contributed by atoms with Crippen LogP contribution in [-0.2, 0) is 35.0 Å². The Bertz CT molecular complexity index is 1020. The summed E-state index contributed by atoms with van der Waals surface area (Å²) in [6.07, 6.45) is -1.40. The SMILES string of the molecule is CCCC(C)C(=O)OCC[C@@](N)(Cc1ccc(OC(=O)O[C@@H](C)C(C)C)c(OC(=O)OC(C)C(C)C)c1)C(=O)OC. The molecule has 4 atom stereocenters. The minimum absolute atomic E-state index is 0.0218. The van der Waals surface area contributed by atoms with Crippen LogP contribution in [0.5, 0.6) is 11.5 Å². The molecule has 2 N–H and O–H groups in total. The lowest BCUT2D eigenvalue weighted by Crippen LogP contribution is -2.51. The largest absolute Gasteiger partial charge is 0.514 e. The van der Waals surface area contributed by atoms with Crippen molar-refractivity contribution >= 4 is 24.2 Å². The van der Waals surface area contributed by atoms with Crippen LogP contribution in [0.4, 0.5) is 9.59 Å². The first-order valence-corrected chi connectivity index (χ1v) is 14.1. The quantitative estimate of drug-likeness (QED) is 0.157. The van der Waals surface area contributed by atoms with Crippen LogP contribution in [-0.4, -0.2) is 55.7 Å². The van der Waals surface area contributed by atoms with Gasteiger partial charge in [-0.2, -0.15) is 0 Å². The number of hydrogen-bond acceptors (Lipinski definition) is 11. The van der Waals surface area contributed by atoms with Gasteiger partial charge in [-0.25, -0.2) is 9.59 Å². The second kappa shape index (κ2) is 16.8. The van der Waals surface area contributed by atoms with E-state index in [0.717, 1.165) is 6.42 Å². The molecule has 0 fully saturated rings. The normalized spacial score (nSPS) is 14.8. The van der Waals surface area contributed by atoms with Crippen molar-refractivity contribution in [1.82, 2.24) is 0 Å². The fourth-order valence-corrected chi connectivity index (χ4v) is 3.49. The van der Waals surface area contributed by atoms with Crippen LogP contribution in [0, 0.1) is 17.8 Å². The summed E-state index contributed by atoms with van der Waals surface area (Å²) in [5, 5.41) is 0. The van der Waals surface area contributed by atoms with Crippen LogP contribution in [0.15, 0.2) is 18.2 Å². The molecule has 0 aliphatic heterocycles. The van der Waals surface area contributed by atoms with Crippen LogP contribution in [0.3, 0.4) is 0 Å². The Morgan fingerprint density at radius 1 is 0.854 bits per heavy atom. The lowest BCUT2D eigenvalue weighted by atomic mass is 9.88. The number of ether oxygens (including phenoxy) is 6. The number of methoxy groups -OCH3 is 1. The maximum atomic E-state index is 12.7. The van der Waals surface area contributed by atoms with E-state index >= 15 is 0 Å². The molecule has 0 bridgehead atoms. The van der Waals surface area contributed by atoms with Crippen molar-refractivity contribution in [2.45, 2.75) is 98.8 Å². The van der Waals surface area contributed by atoms with Gasteiger partial charge in [0.25, 0.3) is 0 Å². The van der Waals surface area contributed by atoms with Crippen molar-refractivity contribution in [1.29, 1.82) is 0 Å². The highest BCUT2D eigenvalue weighted by atomic mass is 16.8. The van der Waals surface area contributed by atoms with Crippen molar-refractivity contribution in [3.63, 3.8) is 0 Å². The van der Waals surface area contributed by atoms with Crippen LogP contribution in [0.1, 0.15) is 80.2 Å². The van der Waals surface area contributed by atoms with Crippen LogP contribution >= 0.6 is 0 Å². The molecule has 11 nitrogen and oxygen atoms in total. The van der Waals surface area contributed by atoms with Crippen molar-refractivity contribution < 1.29 is 47.6 Å². The summed E-state index contributed by atoms with van der Waals surface area (Å²) in [6, 6.07) is 4.37. The van der Waals surface area contributed by atoms with Crippen molar-refractivity contribution in [2.24, 2.45) is 23.5 Å². The third kappa shape index (κ3) is 12.0. The summed E-state index contributed by atoms with van der Waals surface area (Å²) in [6.45, 7) is 14.6. The number of hydrogen-bond donors (Lipinski definition) is 1. The van der Waals surface area contributed by atoms with E-state index < -0.39 is 36.0 Å². The second-order valence-electron chi connectivity index (χ2n) is 11.1. The number of esters is 2. The first-order chi connectivity index (χ1) is 19.1. The molecule has 0 saturated carbocycles. The van der Waals surface area contributed by atoms with Crippen LogP contribution < -0.4 is 15.2 Å². The van der Waals surface area contributed by atoms with Gasteiger partial charge < -0.3 is 34.2 Å². The summed E-state index contributed by atoms with van der Waals surface area (Å²) in [4.78, 5) is 49.8. The molecule has 0 radical (unpaired) electrons. The van der Waals surface area contributed by atoms with Gasteiger partial charge in [0.2, 0.25) is 0 Å². The molecule has 232 valence electrons. The fraction of sp³-hybridized carbons (Fsp3) is 0.667. The number of nitrogens with two attached hydrogens (primary N) is 1. The van der Waals surface area contributed by atoms with E-state index in [1.807, 2.05) is 34.6 Å². The van der Waals surface area contributed by atoms with E-state index in [-0.39, 0.29) is 54.7 Å². The number of benzene rings is 1. The molecule has 41 heavy (non-hydrogen) atoms. The van der Waals surface area contributed by atoms with E-state index in [9.17, 15) is 19.2 Å². The van der Waals surface area contributed by atoms with Gasteiger partial charge >= 0.3 is 24.2 Å². The van der Waals surface area contributed by atoms with Gasteiger partial charge in [0, 0.05) is 12.8 Å². The molecule has 11 heteroatoms. The van der Waals surface area contributed by atoms with E-state index in [0.29, 0.717) is 12.0 Å². The predicted octanol–water partition coefficient (Wildman–Crippen LogP) is 5.59. The van der Waals surface area contributed by atoms with Gasteiger partial charge in [0.1, 0.15) is 17.7 Å².